The molecule has 0 radical (unpaired) electrons. The van der Waals surface area contributed by atoms with Crippen LogP contribution in [0, 0.1) is 0 Å². The number of hydrogen-bond acceptors (Lipinski definition) is 4. The van der Waals surface area contributed by atoms with Crippen LogP contribution in [0.2, 0.25) is 0 Å². The molecule has 0 spiro atoms. The Morgan fingerprint density at radius 1 is 1.13 bits per heavy atom. The summed E-state index contributed by atoms with van der Waals surface area (Å²) in [6.45, 7) is 0. The average molecular weight is 442 g/mol. The number of halogens is 2. The third kappa shape index (κ3) is 2.49. The molecule has 1 aliphatic heterocycles. The highest BCUT2D eigenvalue weighted by molar-refractivity contribution is 9.10. The van der Waals surface area contributed by atoms with Crippen molar-refractivity contribution in [2.75, 3.05) is 14.2 Å². The minimum atomic E-state index is -1.15. The molecule has 2 aromatic rings. The first-order valence-corrected chi connectivity index (χ1v) is 8.47. The molecule has 0 N–H and O–H groups in total. The van der Waals surface area contributed by atoms with E-state index in [1.807, 2.05) is 30.3 Å². The van der Waals surface area contributed by atoms with Crippen LogP contribution in [0.25, 0.3) is 0 Å². The number of carbonyl (C=O) groups excluding carboxylic acids is 1. The van der Waals surface area contributed by atoms with Crippen molar-refractivity contribution in [3.63, 3.8) is 0 Å². The van der Waals surface area contributed by atoms with Crippen LogP contribution in [0.3, 0.4) is 0 Å². The summed E-state index contributed by atoms with van der Waals surface area (Å²) in [6.07, 6.45) is -0.796. The Balaban J connectivity index is 2.24. The summed E-state index contributed by atoms with van der Waals surface area (Å²) in [4.78, 5) is 13.3. The van der Waals surface area contributed by atoms with E-state index in [2.05, 4.69) is 31.9 Å². The highest BCUT2D eigenvalue weighted by Crippen LogP contribution is 2.49. The number of carbonyl (C=O) groups is 1. The SMILES string of the molecule is COc1c(Br)ccc2c1C(=O)C(Br)(c1ccccc1)C(OC)O2. The molecule has 23 heavy (non-hydrogen) atoms. The van der Waals surface area contributed by atoms with Crippen molar-refractivity contribution >= 4 is 37.6 Å². The van der Waals surface area contributed by atoms with Crippen LogP contribution in [0.15, 0.2) is 46.9 Å². The maximum absolute atomic E-state index is 13.3. The maximum atomic E-state index is 13.3. The lowest BCUT2D eigenvalue weighted by atomic mass is 9.87. The molecule has 0 bridgehead atoms. The van der Waals surface area contributed by atoms with Crippen molar-refractivity contribution in [2.24, 2.45) is 0 Å². The van der Waals surface area contributed by atoms with Crippen LogP contribution in [0.5, 0.6) is 11.5 Å². The van der Waals surface area contributed by atoms with Crippen molar-refractivity contribution in [1.82, 2.24) is 0 Å². The lowest BCUT2D eigenvalue weighted by molar-refractivity contribution is -0.0772. The largest absolute Gasteiger partial charge is 0.495 e. The van der Waals surface area contributed by atoms with E-state index in [0.717, 1.165) is 5.56 Å². The second-order valence-electron chi connectivity index (χ2n) is 5.05. The maximum Gasteiger partial charge on any atom is 0.226 e. The highest BCUT2D eigenvalue weighted by Gasteiger charge is 2.53. The number of alkyl halides is 1. The summed E-state index contributed by atoms with van der Waals surface area (Å²) >= 11 is 6.99. The molecule has 1 aliphatic rings. The number of methoxy groups -OCH3 is 2. The van der Waals surface area contributed by atoms with Gasteiger partial charge in [-0.1, -0.05) is 46.3 Å². The van der Waals surface area contributed by atoms with E-state index in [9.17, 15) is 4.79 Å². The molecule has 0 aliphatic carbocycles. The summed E-state index contributed by atoms with van der Waals surface area (Å²) < 4.78 is 16.3. The first-order valence-electron chi connectivity index (χ1n) is 6.89. The van der Waals surface area contributed by atoms with E-state index in [1.54, 1.807) is 12.1 Å². The second-order valence-corrected chi connectivity index (χ2v) is 7.15. The monoisotopic (exact) mass is 440 g/mol. The standard InChI is InChI=1S/C17H14Br2O4/c1-21-14-11(18)8-9-12-13(14)15(20)17(19,16(22-2)23-12)10-6-4-3-5-7-10/h3-9,16H,1-2H3. The van der Waals surface area contributed by atoms with E-state index < -0.39 is 10.6 Å². The molecule has 0 aromatic heterocycles. The molecule has 2 atom stereocenters. The molecule has 0 fully saturated rings. The molecule has 0 saturated heterocycles. The van der Waals surface area contributed by atoms with Gasteiger partial charge in [0, 0.05) is 7.11 Å². The number of benzene rings is 2. The van der Waals surface area contributed by atoms with E-state index in [0.29, 0.717) is 21.5 Å². The van der Waals surface area contributed by atoms with Crippen molar-refractivity contribution < 1.29 is 19.0 Å². The Kier molecular flexibility index (Phi) is 4.49. The minimum absolute atomic E-state index is 0.171. The smallest absolute Gasteiger partial charge is 0.226 e. The highest BCUT2D eigenvalue weighted by atomic mass is 79.9. The molecule has 120 valence electrons. The minimum Gasteiger partial charge on any atom is -0.495 e. The molecular weight excluding hydrogens is 428 g/mol. The second kappa shape index (κ2) is 6.26. The number of fused-ring (bicyclic) bond motifs is 1. The summed E-state index contributed by atoms with van der Waals surface area (Å²) in [6, 6.07) is 12.8. The normalized spacial score (nSPS) is 23.1. The van der Waals surface area contributed by atoms with Gasteiger partial charge in [-0.25, -0.2) is 0 Å². The van der Waals surface area contributed by atoms with E-state index in [1.165, 1.54) is 14.2 Å². The molecule has 2 unspecified atom stereocenters. The van der Waals surface area contributed by atoms with Gasteiger partial charge in [-0.3, -0.25) is 4.79 Å². The molecule has 0 amide bonds. The van der Waals surface area contributed by atoms with Crippen molar-refractivity contribution in [3.05, 3.63) is 58.1 Å². The van der Waals surface area contributed by atoms with Gasteiger partial charge in [-0.05, 0) is 33.6 Å². The van der Waals surface area contributed by atoms with Crippen molar-refractivity contribution in [1.29, 1.82) is 0 Å². The third-order valence-corrected chi connectivity index (χ3v) is 5.62. The van der Waals surface area contributed by atoms with Crippen LogP contribution in [-0.4, -0.2) is 26.3 Å². The van der Waals surface area contributed by atoms with Gasteiger partial charge in [-0.2, -0.15) is 0 Å². The molecule has 1 heterocycles. The Hall–Kier alpha value is -1.37. The lowest BCUT2D eigenvalue weighted by Gasteiger charge is -2.38. The lowest BCUT2D eigenvalue weighted by Crippen LogP contribution is -2.49. The van der Waals surface area contributed by atoms with Gasteiger partial charge in [0.2, 0.25) is 6.29 Å². The Bertz CT molecular complexity index is 748. The number of rotatable bonds is 3. The quantitative estimate of drug-likeness (QED) is 0.666. The average Bonchev–Trinajstić information content (AvgIpc) is 2.59. The van der Waals surface area contributed by atoms with Crippen molar-refractivity contribution in [3.8, 4) is 11.5 Å². The molecular formula is C17H14Br2O4. The van der Waals surface area contributed by atoms with Crippen LogP contribution < -0.4 is 9.47 Å². The fourth-order valence-corrected chi connectivity index (χ4v) is 3.93. The first-order chi connectivity index (χ1) is 11.0. The van der Waals surface area contributed by atoms with Crippen LogP contribution in [0.4, 0.5) is 0 Å². The van der Waals surface area contributed by atoms with Crippen molar-refractivity contribution in [2.45, 2.75) is 10.6 Å². The van der Waals surface area contributed by atoms with Crippen LogP contribution in [-0.2, 0) is 9.06 Å². The number of ketones is 1. The zero-order valence-electron chi connectivity index (χ0n) is 12.5. The van der Waals surface area contributed by atoms with Gasteiger partial charge >= 0.3 is 0 Å². The molecule has 6 heteroatoms. The summed E-state index contributed by atoms with van der Waals surface area (Å²) in [5, 5.41) is 0. The fourth-order valence-electron chi connectivity index (χ4n) is 2.70. The molecule has 2 aromatic carbocycles. The zero-order chi connectivity index (χ0) is 16.6. The summed E-state index contributed by atoms with van der Waals surface area (Å²) in [5.74, 6) is 0.713. The third-order valence-electron chi connectivity index (χ3n) is 3.80. The molecule has 4 nitrogen and oxygen atoms in total. The number of ether oxygens (including phenoxy) is 3. The predicted molar refractivity (Wildman–Crippen MR) is 93.5 cm³/mol. The van der Waals surface area contributed by atoms with Crippen LogP contribution in [0.1, 0.15) is 15.9 Å². The topological polar surface area (TPSA) is 44.8 Å². The van der Waals surface area contributed by atoms with Gasteiger partial charge in [0.1, 0.15) is 17.1 Å². The van der Waals surface area contributed by atoms with Gasteiger partial charge in [-0.15, -0.1) is 0 Å². The van der Waals surface area contributed by atoms with E-state index >= 15 is 0 Å². The van der Waals surface area contributed by atoms with E-state index in [-0.39, 0.29) is 5.78 Å². The Labute approximate surface area is 151 Å². The zero-order valence-corrected chi connectivity index (χ0v) is 15.7. The summed E-state index contributed by atoms with van der Waals surface area (Å²) in [5.41, 5.74) is 1.14. The first kappa shape index (κ1) is 16.5. The Morgan fingerprint density at radius 3 is 2.43 bits per heavy atom. The molecule has 3 rings (SSSR count). The van der Waals surface area contributed by atoms with Crippen LogP contribution >= 0.6 is 31.9 Å². The summed E-state index contributed by atoms with van der Waals surface area (Å²) in [7, 11) is 3.03. The van der Waals surface area contributed by atoms with Gasteiger partial charge in [0.25, 0.3) is 0 Å². The van der Waals surface area contributed by atoms with E-state index in [4.69, 9.17) is 14.2 Å². The number of Topliss-reactive ketones (excluding diaryl/α,β-unsaturated/α-hetero) is 1. The van der Waals surface area contributed by atoms with Gasteiger partial charge in [0.15, 0.2) is 10.1 Å². The van der Waals surface area contributed by atoms with Gasteiger partial charge in [0.05, 0.1) is 11.6 Å². The van der Waals surface area contributed by atoms with Gasteiger partial charge < -0.3 is 14.2 Å². The fraction of sp³-hybridized carbons (Fsp3) is 0.235. The Morgan fingerprint density at radius 2 is 1.83 bits per heavy atom. The predicted octanol–water partition coefficient (Wildman–Crippen LogP) is 4.30. The number of hydrogen-bond donors (Lipinski definition) is 0. The molecule has 0 saturated carbocycles.